The number of alkyl halides is 4. The molecular formula is C65H78Cl2F6N8O14S. The fourth-order valence-corrected chi connectivity index (χ4v) is 12.5. The highest BCUT2D eigenvalue weighted by molar-refractivity contribution is 7.86. The third kappa shape index (κ3) is 20.2. The zero-order chi connectivity index (χ0) is 69.5. The SMILES string of the molecule is CNC.COC(=O)N1C[C@H](OCCN(C)C)C[C@H]1C(=O)N(c1cccc(F)c1)[C@H](C(=O)NC1CC(F)(F)C1)c1ccccc1Cl.COC(=O)N1C[C@H](OCCOS(=O)(=O)c2ccc(C)cc2)C[C@H]1C(=O)N(c1cccc(F)c1)[C@H](C(=O)NC1CC(F)(F)C1)c1ccccc1Cl.O. The third-order valence-corrected chi connectivity index (χ3v) is 17.7. The van der Waals surface area contributed by atoms with Crippen LogP contribution >= 0.6 is 23.2 Å². The Bertz CT molecular complexity index is 3590. The molecule has 31 heteroatoms. The lowest BCUT2D eigenvalue weighted by molar-refractivity contribution is -0.134. The minimum Gasteiger partial charge on any atom is -0.453 e. The van der Waals surface area contributed by atoms with E-state index in [1.807, 2.05) is 40.0 Å². The molecule has 0 unspecified atom stereocenters. The Hall–Kier alpha value is -7.61. The van der Waals surface area contributed by atoms with E-state index in [4.69, 9.17) is 46.3 Å². The number of hydrogen-bond acceptors (Lipinski definition) is 15. The van der Waals surface area contributed by atoms with Crippen LogP contribution in [0.2, 0.25) is 10.0 Å². The largest absolute Gasteiger partial charge is 0.453 e. The zero-order valence-electron chi connectivity index (χ0n) is 53.6. The number of nitrogens with zero attached hydrogens (tertiary/aromatic N) is 5. The molecule has 0 aromatic heterocycles. The van der Waals surface area contributed by atoms with Crippen molar-refractivity contribution in [1.82, 2.24) is 30.7 Å². The number of methoxy groups -OCH3 is 2. The van der Waals surface area contributed by atoms with Crippen LogP contribution in [0.5, 0.6) is 0 Å². The maximum absolute atomic E-state index is 14.7. The fraction of sp³-hybridized carbons (Fsp3) is 0.446. The van der Waals surface area contributed by atoms with Gasteiger partial charge in [-0.05, 0) is 95.8 Å². The van der Waals surface area contributed by atoms with Crippen LogP contribution in [0.25, 0.3) is 0 Å². The van der Waals surface area contributed by atoms with Crippen LogP contribution in [-0.4, -0.2) is 194 Å². The molecule has 2 heterocycles. The van der Waals surface area contributed by atoms with Crippen LogP contribution in [-0.2, 0) is 52.4 Å². The molecule has 2 aliphatic heterocycles. The normalized spacial score (nSPS) is 19.3. The average Bonchev–Trinajstić information content (AvgIpc) is 1.26. The number of carbonyl (C=O) groups excluding carboxylic acids is 6. The summed E-state index contributed by atoms with van der Waals surface area (Å²) in [5.41, 5.74) is 1.13. The van der Waals surface area contributed by atoms with Crippen molar-refractivity contribution in [2.75, 3.05) is 91.7 Å². The van der Waals surface area contributed by atoms with E-state index in [-0.39, 0.29) is 82.1 Å². The second-order valence-corrected chi connectivity index (χ2v) is 25.7. The summed E-state index contributed by atoms with van der Waals surface area (Å²) in [6.07, 6.45) is -5.35. The van der Waals surface area contributed by atoms with Crippen LogP contribution in [0, 0.1) is 18.6 Å². The maximum atomic E-state index is 14.7. The zero-order valence-corrected chi connectivity index (χ0v) is 56.0. The Morgan fingerprint density at radius 2 is 1.00 bits per heavy atom. The summed E-state index contributed by atoms with van der Waals surface area (Å²) in [5, 5.41) is 8.12. The van der Waals surface area contributed by atoms with Crippen molar-refractivity contribution in [1.29, 1.82) is 0 Å². The van der Waals surface area contributed by atoms with Gasteiger partial charge in [-0.2, -0.15) is 8.42 Å². The van der Waals surface area contributed by atoms with E-state index >= 15 is 0 Å². The molecule has 0 radical (unpaired) electrons. The van der Waals surface area contributed by atoms with Gasteiger partial charge in [-0.3, -0.25) is 43.0 Å². The fourth-order valence-electron chi connectivity index (χ4n) is 11.1. The molecular weight excluding hydrogens is 1330 g/mol. The Labute approximate surface area is 562 Å². The van der Waals surface area contributed by atoms with Gasteiger partial charge in [0, 0.05) is 89.7 Å². The van der Waals surface area contributed by atoms with Gasteiger partial charge in [0.05, 0.1) is 64.2 Å². The second kappa shape index (κ2) is 34.6. The van der Waals surface area contributed by atoms with Crippen LogP contribution in [0.15, 0.2) is 126 Å². The van der Waals surface area contributed by atoms with Gasteiger partial charge < -0.3 is 45.3 Å². The Morgan fingerprint density at radius 1 is 0.604 bits per heavy atom. The molecule has 4 aliphatic rings. The first-order valence-corrected chi connectivity index (χ1v) is 32.3. The van der Waals surface area contributed by atoms with Crippen LogP contribution in [0.3, 0.4) is 0 Å². The lowest BCUT2D eigenvalue weighted by Crippen LogP contribution is -2.56. The van der Waals surface area contributed by atoms with Crippen LogP contribution in [0.4, 0.5) is 47.3 Å². The lowest BCUT2D eigenvalue weighted by Gasteiger charge is -2.39. The van der Waals surface area contributed by atoms with Gasteiger partial charge >= 0.3 is 12.2 Å². The van der Waals surface area contributed by atoms with Gasteiger partial charge in [0.15, 0.2) is 0 Å². The minimum atomic E-state index is -4.08. The number of likely N-dealkylation sites (N-methyl/N-ethyl adjacent to an activating group) is 1. The number of ether oxygens (including phenoxy) is 4. The molecule has 0 spiro atoms. The standard InChI is InChI=1S/C34H35ClF3N3O8S.C29H34ClF3N4O5.C2H7N.H2O/c1-21-10-12-26(13-11-21)50(45,46)49-15-14-48-25-17-29(40(20-25)33(44)47-2)32(43)41(24-7-5-6-22(36)16-24)30(27-8-3-4-9-28(27)35)31(42)39-23-18-34(37,38)19-23;1-35(2)11-12-42-21-14-24(36(17-21)28(40)41-3)27(39)37(20-8-6-7-18(31)13-20)25(22-9-4-5-10-23(22)30)26(38)34-19-15-29(32,33)16-19;1-3-2;/h3-13,16,23,25,29-30H,14-15,17-20H2,1-2H3,(H,39,42);4-10,13,19,21,24-25H,11-12,14-17H2,1-3H3,(H,34,38);3H,1-2H3;1H2/t25-,29+,30+;21-,24+,25+;;/m11../s1. The summed E-state index contributed by atoms with van der Waals surface area (Å²) in [7, 11) is 5.73. The van der Waals surface area contributed by atoms with E-state index in [1.54, 1.807) is 36.4 Å². The molecule has 6 atom stereocenters. The summed E-state index contributed by atoms with van der Waals surface area (Å²) >= 11 is 13.0. The third-order valence-electron chi connectivity index (χ3n) is 15.7. The lowest BCUT2D eigenvalue weighted by atomic mass is 9.87. The molecule has 6 amide bonds. The van der Waals surface area contributed by atoms with Gasteiger partial charge in [-0.15, -0.1) is 0 Å². The highest BCUT2D eigenvalue weighted by atomic mass is 35.5. The molecule has 5 aromatic rings. The van der Waals surface area contributed by atoms with E-state index in [9.17, 15) is 63.5 Å². The molecule has 2 aliphatic carbocycles. The highest BCUT2D eigenvalue weighted by Gasteiger charge is 2.52. The average molecular weight is 1410 g/mol. The first kappa shape index (κ1) is 77.4. The molecule has 2 saturated carbocycles. The maximum Gasteiger partial charge on any atom is 0.410 e. The molecule has 5 aromatic carbocycles. The van der Waals surface area contributed by atoms with Crippen LogP contribution in [0.1, 0.15) is 67.3 Å². The number of anilines is 2. The number of benzene rings is 5. The summed E-state index contributed by atoms with van der Waals surface area (Å²) < 4.78 is 136. The smallest absolute Gasteiger partial charge is 0.410 e. The molecule has 96 heavy (non-hydrogen) atoms. The van der Waals surface area contributed by atoms with Crippen molar-refractivity contribution in [3.05, 3.63) is 160 Å². The number of likely N-dealkylation sites (tertiary alicyclic amines) is 2. The first-order valence-electron chi connectivity index (χ1n) is 30.1. The number of amides is 6. The van der Waals surface area contributed by atoms with Crippen molar-refractivity contribution in [2.24, 2.45) is 0 Å². The molecule has 524 valence electrons. The van der Waals surface area contributed by atoms with Gasteiger partial charge in [-0.1, -0.05) is 89.4 Å². The van der Waals surface area contributed by atoms with E-state index in [0.29, 0.717) is 13.2 Å². The van der Waals surface area contributed by atoms with Crippen LogP contribution < -0.4 is 25.8 Å². The molecule has 9 rings (SSSR count). The monoisotopic (exact) mass is 1410 g/mol. The van der Waals surface area contributed by atoms with Crippen molar-refractivity contribution in [3.63, 3.8) is 0 Å². The van der Waals surface area contributed by atoms with Gasteiger partial charge in [0.25, 0.3) is 33.8 Å². The van der Waals surface area contributed by atoms with Crippen molar-refractivity contribution < 1.29 is 92.1 Å². The number of rotatable bonds is 22. The predicted octanol–water partition coefficient (Wildman–Crippen LogP) is 8.67. The second-order valence-electron chi connectivity index (χ2n) is 23.3. The van der Waals surface area contributed by atoms with E-state index < -0.39 is 144 Å². The van der Waals surface area contributed by atoms with Crippen molar-refractivity contribution in [3.8, 4) is 0 Å². The van der Waals surface area contributed by atoms with Gasteiger partial charge in [0.2, 0.25) is 11.8 Å². The Kier molecular flexibility index (Phi) is 27.9. The summed E-state index contributed by atoms with van der Waals surface area (Å²) in [5.74, 6) is -10.5. The molecule has 22 nitrogen and oxygen atoms in total. The molecule has 2 saturated heterocycles. The number of halogens is 8. The van der Waals surface area contributed by atoms with E-state index in [2.05, 4.69) is 16.0 Å². The summed E-state index contributed by atoms with van der Waals surface area (Å²) in [6.45, 7) is 2.06. The Morgan fingerprint density at radius 3 is 1.36 bits per heavy atom. The number of hydrogen-bond donors (Lipinski definition) is 3. The first-order chi connectivity index (χ1) is 45.0. The van der Waals surface area contributed by atoms with E-state index in [1.165, 1.54) is 78.7 Å². The highest BCUT2D eigenvalue weighted by Crippen LogP contribution is 2.42. The van der Waals surface area contributed by atoms with Gasteiger partial charge in [0.1, 0.15) is 35.8 Å². The van der Waals surface area contributed by atoms with Crippen molar-refractivity contribution >= 4 is 80.5 Å². The molecule has 0 bridgehead atoms. The number of carbonyl (C=O) groups is 6. The van der Waals surface area contributed by atoms with Crippen molar-refractivity contribution in [2.45, 2.75) is 111 Å². The number of aryl methyl sites for hydroxylation is 1. The minimum absolute atomic E-state index is 0. The quantitative estimate of drug-likeness (QED) is 0.0332. The Balaban J connectivity index is 0.000000293. The predicted molar refractivity (Wildman–Crippen MR) is 344 cm³/mol. The topological polar surface area (TPSA) is 266 Å². The van der Waals surface area contributed by atoms with Gasteiger partial charge in [-0.25, -0.2) is 35.9 Å². The molecule has 4 fully saturated rings. The summed E-state index contributed by atoms with van der Waals surface area (Å²) in [4.78, 5) is 88.8. The van der Waals surface area contributed by atoms with E-state index in [0.717, 1.165) is 45.6 Å². The molecule has 5 N–H and O–H groups in total. The number of nitrogens with one attached hydrogen (secondary N) is 3. The summed E-state index contributed by atoms with van der Waals surface area (Å²) in [6, 6.07) is 21.2.